The highest BCUT2D eigenvalue weighted by Gasteiger charge is 2.17. The predicted molar refractivity (Wildman–Crippen MR) is 109 cm³/mol. The monoisotopic (exact) mass is 395 g/mol. The number of anilines is 1. The summed E-state index contributed by atoms with van der Waals surface area (Å²) < 4.78 is 20.3. The van der Waals surface area contributed by atoms with Crippen LogP contribution in [-0.2, 0) is 6.54 Å². The SMILES string of the molecule is COc1ccccc1NC(=O)c1cc2c(C)nn(Cc3ccc(F)cc3)c2s1. The fourth-order valence-corrected chi connectivity index (χ4v) is 4.08. The second-order valence-corrected chi connectivity index (χ2v) is 7.38. The second-order valence-electron chi connectivity index (χ2n) is 6.35. The van der Waals surface area contributed by atoms with Crippen molar-refractivity contribution in [3.05, 3.63) is 76.5 Å². The van der Waals surface area contributed by atoms with Crippen molar-refractivity contribution in [2.45, 2.75) is 13.5 Å². The number of nitrogens with one attached hydrogen (secondary N) is 1. The molecule has 0 saturated carbocycles. The number of aryl methyl sites for hydroxylation is 1. The maximum Gasteiger partial charge on any atom is 0.265 e. The molecule has 4 rings (SSSR count). The van der Waals surface area contributed by atoms with E-state index in [9.17, 15) is 9.18 Å². The van der Waals surface area contributed by atoms with Crippen molar-refractivity contribution in [2.24, 2.45) is 0 Å². The van der Waals surface area contributed by atoms with Gasteiger partial charge in [-0.15, -0.1) is 11.3 Å². The fourth-order valence-electron chi connectivity index (χ4n) is 3.03. The molecular weight excluding hydrogens is 377 g/mol. The van der Waals surface area contributed by atoms with E-state index >= 15 is 0 Å². The zero-order chi connectivity index (χ0) is 19.7. The van der Waals surface area contributed by atoms with Gasteiger partial charge >= 0.3 is 0 Å². The van der Waals surface area contributed by atoms with E-state index in [4.69, 9.17) is 4.74 Å². The molecule has 2 aromatic heterocycles. The summed E-state index contributed by atoms with van der Waals surface area (Å²) in [4.78, 5) is 14.2. The highest BCUT2D eigenvalue weighted by Crippen LogP contribution is 2.30. The molecule has 0 fully saturated rings. The molecule has 0 unspecified atom stereocenters. The minimum Gasteiger partial charge on any atom is -0.495 e. The number of ether oxygens (including phenoxy) is 1. The summed E-state index contributed by atoms with van der Waals surface area (Å²) in [6, 6.07) is 15.5. The van der Waals surface area contributed by atoms with E-state index in [1.807, 2.05) is 29.8 Å². The number of para-hydroxylation sites is 2. The molecule has 0 radical (unpaired) electrons. The van der Waals surface area contributed by atoms with Crippen molar-refractivity contribution in [1.29, 1.82) is 0 Å². The number of fused-ring (bicyclic) bond motifs is 1. The van der Waals surface area contributed by atoms with Crippen molar-refractivity contribution in [3.63, 3.8) is 0 Å². The molecule has 0 aliphatic heterocycles. The van der Waals surface area contributed by atoms with E-state index in [-0.39, 0.29) is 11.7 Å². The van der Waals surface area contributed by atoms with Crippen molar-refractivity contribution in [2.75, 3.05) is 12.4 Å². The first-order chi connectivity index (χ1) is 13.5. The number of thiophene rings is 1. The molecule has 2 aromatic carbocycles. The number of halogens is 1. The average Bonchev–Trinajstić information content (AvgIpc) is 3.26. The molecule has 1 amide bonds. The van der Waals surface area contributed by atoms with Gasteiger partial charge in [0, 0.05) is 5.39 Å². The number of hydrogen-bond donors (Lipinski definition) is 1. The Hall–Kier alpha value is -3.19. The van der Waals surface area contributed by atoms with Crippen molar-refractivity contribution < 1.29 is 13.9 Å². The highest BCUT2D eigenvalue weighted by molar-refractivity contribution is 7.20. The molecule has 28 heavy (non-hydrogen) atoms. The van der Waals surface area contributed by atoms with Gasteiger partial charge in [0.25, 0.3) is 5.91 Å². The van der Waals surface area contributed by atoms with Gasteiger partial charge in [0.1, 0.15) is 16.4 Å². The first-order valence-corrected chi connectivity index (χ1v) is 9.52. The van der Waals surface area contributed by atoms with E-state index in [1.165, 1.54) is 23.5 Å². The molecule has 142 valence electrons. The Labute approximate surface area is 165 Å². The van der Waals surface area contributed by atoms with Crippen LogP contribution in [0.3, 0.4) is 0 Å². The van der Waals surface area contributed by atoms with E-state index in [0.717, 1.165) is 21.5 Å². The van der Waals surface area contributed by atoms with Gasteiger partial charge < -0.3 is 10.1 Å². The van der Waals surface area contributed by atoms with E-state index < -0.39 is 0 Å². The number of carbonyl (C=O) groups excluding carboxylic acids is 1. The number of methoxy groups -OCH3 is 1. The predicted octanol–water partition coefficient (Wildman–Crippen LogP) is 4.85. The largest absolute Gasteiger partial charge is 0.495 e. The number of carbonyl (C=O) groups is 1. The molecule has 0 aliphatic rings. The quantitative estimate of drug-likeness (QED) is 0.525. The summed E-state index contributed by atoms with van der Waals surface area (Å²) in [7, 11) is 1.57. The Kier molecular flexibility index (Phi) is 4.83. The Balaban J connectivity index is 1.62. The van der Waals surface area contributed by atoms with Crippen molar-refractivity contribution in [3.8, 4) is 5.75 Å². The summed E-state index contributed by atoms with van der Waals surface area (Å²) >= 11 is 1.38. The lowest BCUT2D eigenvalue weighted by Gasteiger charge is -2.08. The van der Waals surface area contributed by atoms with Crippen LogP contribution in [0.4, 0.5) is 10.1 Å². The molecule has 7 heteroatoms. The molecule has 0 bridgehead atoms. The number of rotatable bonds is 5. The highest BCUT2D eigenvalue weighted by atomic mass is 32.1. The van der Waals surface area contributed by atoms with E-state index in [2.05, 4.69) is 10.4 Å². The zero-order valence-electron chi connectivity index (χ0n) is 15.4. The average molecular weight is 395 g/mol. The van der Waals surface area contributed by atoms with Crippen LogP contribution in [0, 0.1) is 12.7 Å². The first kappa shape index (κ1) is 18.2. The molecule has 0 aliphatic carbocycles. The van der Waals surface area contributed by atoms with Crippen LogP contribution in [0.25, 0.3) is 10.2 Å². The first-order valence-electron chi connectivity index (χ1n) is 8.71. The third kappa shape index (κ3) is 3.48. The third-order valence-electron chi connectivity index (χ3n) is 4.43. The maximum absolute atomic E-state index is 13.1. The Bertz CT molecular complexity index is 1150. The van der Waals surface area contributed by atoms with E-state index in [1.54, 1.807) is 31.4 Å². The van der Waals surface area contributed by atoms with Crippen LogP contribution >= 0.6 is 11.3 Å². The summed E-state index contributed by atoms with van der Waals surface area (Å²) in [5.74, 6) is 0.144. The van der Waals surface area contributed by atoms with Crippen LogP contribution in [0.15, 0.2) is 54.6 Å². The lowest BCUT2D eigenvalue weighted by Crippen LogP contribution is -2.11. The molecule has 1 N–H and O–H groups in total. The standard InChI is InChI=1S/C21H18FN3O2S/c1-13-16-11-19(20(26)23-17-5-3-4-6-18(17)27-2)28-21(16)25(24-13)12-14-7-9-15(22)10-8-14/h3-11H,12H2,1-2H3,(H,23,26). The van der Waals surface area contributed by atoms with Crippen LogP contribution in [-0.4, -0.2) is 22.8 Å². The topological polar surface area (TPSA) is 56.1 Å². The van der Waals surface area contributed by atoms with Gasteiger partial charge in [-0.3, -0.25) is 9.48 Å². The summed E-state index contributed by atoms with van der Waals surface area (Å²) in [5.41, 5.74) is 2.42. The smallest absolute Gasteiger partial charge is 0.265 e. The Morgan fingerprint density at radius 1 is 1.21 bits per heavy atom. The minimum atomic E-state index is -0.267. The van der Waals surface area contributed by atoms with Gasteiger partial charge in [-0.25, -0.2) is 4.39 Å². The Morgan fingerprint density at radius 2 is 1.96 bits per heavy atom. The number of benzene rings is 2. The molecule has 2 heterocycles. The van der Waals surface area contributed by atoms with E-state index in [0.29, 0.717) is 22.9 Å². The molecule has 4 aromatic rings. The van der Waals surface area contributed by atoms with Gasteiger partial charge in [-0.05, 0) is 42.8 Å². The zero-order valence-corrected chi connectivity index (χ0v) is 16.2. The summed E-state index contributed by atoms with van der Waals surface area (Å²) in [6.07, 6.45) is 0. The molecule has 0 atom stereocenters. The lowest BCUT2D eigenvalue weighted by atomic mass is 10.2. The van der Waals surface area contributed by atoms with Crippen LogP contribution in [0.1, 0.15) is 20.9 Å². The number of hydrogen-bond acceptors (Lipinski definition) is 4. The van der Waals surface area contributed by atoms with Gasteiger partial charge in [0.2, 0.25) is 0 Å². The van der Waals surface area contributed by atoms with Gasteiger partial charge in [0.15, 0.2) is 0 Å². The molecular formula is C21H18FN3O2S. The van der Waals surface area contributed by atoms with Crippen LogP contribution in [0.5, 0.6) is 5.75 Å². The fraction of sp³-hybridized carbons (Fsp3) is 0.143. The van der Waals surface area contributed by atoms with Crippen LogP contribution < -0.4 is 10.1 Å². The van der Waals surface area contributed by atoms with Crippen molar-refractivity contribution in [1.82, 2.24) is 9.78 Å². The van der Waals surface area contributed by atoms with Crippen LogP contribution in [0.2, 0.25) is 0 Å². The maximum atomic E-state index is 13.1. The Morgan fingerprint density at radius 3 is 2.71 bits per heavy atom. The van der Waals surface area contributed by atoms with Gasteiger partial charge in [0.05, 0.1) is 29.9 Å². The normalized spacial score (nSPS) is 11.0. The number of aromatic nitrogens is 2. The summed E-state index contributed by atoms with van der Waals surface area (Å²) in [6.45, 7) is 2.43. The minimum absolute atomic E-state index is 0.196. The van der Waals surface area contributed by atoms with Gasteiger partial charge in [-0.2, -0.15) is 5.10 Å². The second kappa shape index (κ2) is 7.44. The third-order valence-corrected chi connectivity index (χ3v) is 5.58. The van der Waals surface area contributed by atoms with Gasteiger partial charge in [-0.1, -0.05) is 24.3 Å². The molecule has 0 spiro atoms. The summed E-state index contributed by atoms with van der Waals surface area (Å²) in [5, 5.41) is 8.40. The molecule has 5 nitrogen and oxygen atoms in total. The van der Waals surface area contributed by atoms with Crippen molar-refractivity contribution >= 4 is 33.1 Å². The number of amides is 1. The lowest BCUT2D eigenvalue weighted by molar-refractivity contribution is 0.103. The molecule has 0 saturated heterocycles. The number of nitrogens with zero attached hydrogens (tertiary/aromatic N) is 2.